The van der Waals surface area contributed by atoms with Crippen molar-refractivity contribution in [3.63, 3.8) is 0 Å². The molecule has 1 aliphatic rings. The van der Waals surface area contributed by atoms with E-state index in [4.69, 9.17) is 9.47 Å². The van der Waals surface area contributed by atoms with Gasteiger partial charge < -0.3 is 14.6 Å². The number of aliphatic hydroxyl groups excluding tert-OH is 1. The lowest BCUT2D eigenvalue weighted by Gasteiger charge is -2.19. The molecule has 0 aliphatic heterocycles. The molecule has 1 N–H and O–H groups in total. The summed E-state index contributed by atoms with van der Waals surface area (Å²) in [6, 6.07) is 13.2. The number of benzene rings is 2. The van der Waals surface area contributed by atoms with Gasteiger partial charge in [0.15, 0.2) is 17.3 Å². The van der Waals surface area contributed by atoms with E-state index < -0.39 is 0 Å². The van der Waals surface area contributed by atoms with Crippen LogP contribution >= 0.6 is 0 Å². The van der Waals surface area contributed by atoms with Gasteiger partial charge in [-0.25, -0.2) is 0 Å². The van der Waals surface area contributed by atoms with Gasteiger partial charge in [-0.05, 0) is 35.2 Å². The molecule has 1 aliphatic carbocycles. The summed E-state index contributed by atoms with van der Waals surface area (Å²) in [4.78, 5) is 12.3. The van der Waals surface area contributed by atoms with Crippen molar-refractivity contribution >= 4 is 11.4 Å². The second kappa shape index (κ2) is 6.79. The standard InChI is InChI=1S/C20H20O4/c1-23-18-10-7-13(12-19(18)24-2)11-17(22)20-15-6-4-3-5-14(15)8-9-16(20)21/h3-7,10,12,22H,8-9,11H2,1-2H3/b20-17-. The van der Waals surface area contributed by atoms with E-state index in [9.17, 15) is 9.90 Å². The van der Waals surface area contributed by atoms with Gasteiger partial charge in [0, 0.05) is 12.8 Å². The molecule has 0 fully saturated rings. The largest absolute Gasteiger partial charge is 0.511 e. The zero-order chi connectivity index (χ0) is 17.1. The van der Waals surface area contributed by atoms with E-state index in [-0.39, 0.29) is 18.0 Å². The van der Waals surface area contributed by atoms with Crippen molar-refractivity contribution in [1.82, 2.24) is 0 Å². The fraction of sp³-hybridized carbons (Fsp3) is 0.250. The number of ether oxygens (including phenoxy) is 2. The van der Waals surface area contributed by atoms with Crippen LogP contribution in [0.2, 0.25) is 0 Å². The third-order valence-corrected chi connectivity index (χ3v) is 4.30. The molecule has 4 heteroatoms. The monoisotopic (exact) mass is 324 g/mol. The van der Waals surface area contributed by atoms with Gasteiger partial charge in [-0.3, -0.25) is 4.79 Å². The molecule has 124 valence electrons. The zero-order valence-corrected chi connectivity index (χ0v) is 13.8. The van der Waals surface area contributed by atoms with Gasteiger partial charge in [0.2, 0.25) is 0 Å². The smallest absolute Gasteiger partial charge is 0.167 e. The Morgan fingerprint density at radius 2 is 1.79 bits per heavy atom. The molecule has 0 unspecified atom stereocenters. The maximum Gasteiger partial charge on any atom is 0.167 e. The Hall–Kier alpha value is -2.75. The van der Waals surface area contributed by atoms with Crippen LogP contribution in [-0.2, 0) is 17.6 Å². The minimum Gasteiger partial charge on any atom is -0.511 e. The van der Waals surface area contributed by atoms with Crippen molar-refractivity contribution < 1.29 is 19.4 Å². The fourth-order valence-corrected chi connectivity index (χ4v) is 3.09. The van der Waals surface area contributed by atoms with Gasteiger partial charge in [0.05, 0.1) is 19.8 Å². The first-order chi connectivity index (χ1) is 11.6. The Kier molecular flexibility index (Phi) is 4.56. The van der Waals surface area contributed by atoms with Crippen LogP contribution in [0.4, 0.5) is 0 Å². The topological polar surface area (TPSA) is 55.8 Å². The molecule has 4 nitrogen and oxygen atoms in total. The van der Waals surface area contributed by atoms with E-state index >= 15 is 0 Å². The summed E-state index contributed by atoms with van der Waals surface area (Å²) in [5.41, 5.74) is 3.23. The Morgan fingerprint density at radius 1 is 1.04 bits per heavy atom. The van der Waals surface area contributed by atoms with Crippen LogP contribution in [0.5, 0.6) is 11.5 Å². The normalized spacial score (nSPS) is 15.7. The predicted octanol–water partition coefficient (Wildman–Crippen LogP) is 3.73. The first-order valence-corrected chi connectivity index (χ1v) is 7.88. The molecule has 0 saturated carbocycles. The quantitative estimate of drug-likeness (QED) is 0.688. The first-order valence-electron chi connectivity index (χ1n) is 7.88. The Morgan fingerprint density at radius 3 is 2.54 bits per heavy atom. The zero-order valence-electron chi connectivity index (χ0n) is 13.8. The predicted molar refractivity (Wildman–Crippen MR) is 92.6 cm³/mol. The molecule has 0 spiro atoms. The average Bonchev–Trinajstić information content (AvgIpc) is 2.61. The van der Waals surface area contributed by atoms with E-state index in [1.807, 2.05) is 36.4 Å². The van der Waals surface area contributed by atoms with E-state index in [2.05, 4.69) is 0 Å². The first kappa shape index (κ1) is 16.1. The highest BCUT2D eigenvalue weighted by Crippen LogP contribution is 2.32. The molecular weight excluding hydrogens is 304 g/mol. The number of carbonyl (C=O) groups is 1. The number of hydrogen-bond acceptors (Lipinski definition) is 4. The Bertz CT molecular complexity index is 805. The van der Waals surface area contributed by atoms with Crippen LogP contribution in [-0.4, -0.2) is 25.1 Å². The van der Waals surface area contributed by atoms with Gasteiger partial charge in [-0.2, -0.15) is 0 Å². The maximum absolute atomic E-state index is 12.3. The molecule has 24 heavy (non-hydrogen) atoms. The van der Waals surface area contributed by atoms with Gasteiger partial charge >= 0.3 is 0 Å². The number of methoxy groups -OCH3 is 2. The van der Waals surface area contributed by atoms with Crippen molar-refractivity contribution in [2.24, 2.45) is 0 Å². The van der Waals surface area contributed by atoms with Crippen LogP contribution in [0.15, 0.2) is 48.2 Å². The highest BCUT2D eigenvalue weighted by molar-refractivity contribution is 6.22. The number of fused-ring (bicyclic) bond motifs is 1. The van der Waals surface area contributed by atoms with Gasteiger partial charge in [0.1, 0.15) is 5.76 Å². The molecule has 2 aromatic carbocycles. The molecule has 0 aromatic heterocycles. The maximum atomic E-state index is 12.3. The van der Waals surface area contributed by atoms with Crippen molar-refractivity contribution in [2.45, 2.75) is 19.3 Å². The molecule has 0 saturated heterocycles. The van der Waals surface area contributed by atoms with Crippen LogP contribution < -0.4 is 9.47 Å². The van der Waals surface area contributed by atoms with Crippen molar-refractivity contribution in [3.05, 3.63) is 64.9 Å². The lowest BCUT2D eigenvalue weighted by molar-refractivity contribution is -0.114. The number of aliphatic hydroxyl groups is 1. The lowest BCUT2D eigenvalue weighted by atomic mass is 9.85. The van der Waals surface area contributed by atoms with E-state index in [1.54, 1.807) is 20.3 Å². The van der Waals surface area contributed by atoms with E-state index in [1.165, 1.54) is 0 Å². The highest BCUT2D eigenvalue weighted by atomic mass is 16.5. The summed E-state index contributed by atoms with van der Waals surface area (Å²) in [6.45, 7) is 0. The SMILES string of the molecule is COc1ccc(C/C(O)=C2/C(=O)CCc3ccccc32)cc1OC. The van der Waals surface area contributed by atoms with Crippen molar-refractivity contribution in [2.75, 3.05) is 14.2 Å². The van der Waals surface area contributed by atoms with Gasteiger partial charge in [0.25, 0.3) is 0 Å². The summed E-state index contributed by atoms with van der Waals surface area (Å²) in [5, 5.41) is 10.6. The third kappa shape index (κ3) is 3.00. The number of Topliss-reactive ketones (excluding diaryl/α,β-unsaturated/α-hetero) is 1. The van der Waals surface area contributed by atoms with Crippen LogP contribution in [0.1, 0.15) is 23.1 Å². The summed E-state index contributed by atoms with van der Waals surface area (Å²) in [6.07, 6.45) is 1.43. The lowest BCUT2D eigenvalue weighted by Crippen LogP contribution is -2.15. The number of allylic oxidation sites excluding steroid dienone is 2. The Balaban J connectivity index is 1.98. The second-order valence-corrected chi connectivity index (χ2v) is 5.77. The van der Waals surface area contributed by atoms with Crippen LogP contribution in [0, 0.1) is 0 Å². The molecule has 2 aromatic rings. The molecule has 0 heterocycles. The number of aryl methyl sites for hydroxylation is 1. The summed E-state index contributed by atoms with van der Waals surface area (Å²) >= 11 is 0. The molecule has 0 atom stereocenters. The number of carbonyl (C=O) groups excluding carboxylic acids is 1. The van der Waals surface area contributed by atoms with Crippen molar-refractivity contribution in [3.8, 4) is 11.5 Å². The summed E-state index contributed by atoms with van der Waals surface area (Å²) in [7, 11) is 3.15. The molecule has 3 rings (SSSR count). The highest BCUT2D eigenvalue weighted by Gasteiger charge is 2.24. The summed E-state index contributed by atoms with van der Waals surface area (Å²) < 4.78 is 10.5. The van der Waals surface area contributed by atoms with Gasteiger partial charge in [-0.15, -0.1) is 0 Å². The van der Waals surface area contributed by atoms with Crippen LogP contribution in [0.3, 0.4) is 0 Å². The second-order valence-electron chi connectivity index (χ2n) is 5.77. The van der Waals surface area contributed by atoms with Crippen molar-refractivity contribution in [1.29, 1.82) is 0 Å². The Labute approximate surface area is 141 Å². The molecular formula is C20H20O4. The number of rotatable bonds is 4. The van der Waals surface area contributed by atoms with Gasteiger partial charge in [-0.1, -0.05) is 30.3 Å². The third-order valence-electron chi connectivity index (χ3n) is 4.30. The average molecular weight is 324 g/mol. The minimum absolute atomic E-state index is 0.00771. The van der Waals surface area contributed by atoms with E-state index in [0.717, 1.165) is 23.1 Å². The summed E-state index contributed by atoms with van der Waals surface area (Å²) in [5.74, 6) is 1.32. The number of hydrogen-bond donors (Lipinski definition) is 1. The molecule has 0 bridgehead atoms. The van der Waals surface area contributed by atoms with Crippen LogP contribution in [0.25, 0.3) is 5.57 Å². The fourth-order valence-electron chi connectivity index (χ4n) is 3.09. The minimum atomic E-state index is -0.00771. The van der Waals surface area contributed by atoms with E-state index in [0.29, 0.717) is 23.5 Å². The molecule has 0 radical (unpaired) electrons. The molecule has 0 amide bonds. The number of ketones is 1.